The van der Waals surface area contributed by atoms with Crippen molar-refractivity contribution in [2.45, 2.75) is 44.9 Å². The summed E-state index contributed by atoms with van der Waals surface area (Å²) in [5.74, 6) is 2.75. The van der Waals surface area contributed by atoms with E-state index in [1.165, 1.54) is 19.3 Å². The third-order valence-corrected chi connectivity index (χ3v) is 6.05. The summed E-state index contributed by atoms with van der Waals surface area (Å²) in [6.07, 6.45) is 11.2. The zero-order chi connectivity index (χ0) is 20.3. The van der Waals surface area contributed by atoms with E-state index in [1.807, 2.05) is 25.3 Å². The molecule has 2 saturated heterocycles. The number of hydrogen-bond donors (Lipinski definition) is 0. The van der Waals surface area contributed by atoms with Crippen LogP contribution in [0.25, 0.3) is 11.3 Å². The van der Waals surface area contributed by atoms with Crippen LogP contribution in [0.2, 0.25) is 0 Å². The number of anilines is 2. The highest BCUT2D eigenvalue weighted by Crippen LogP contribution is 2.35. The summed E-state index contributed by atoms with van der Waals surface area (Å²) >= 11 is 0. The monoisotopic (exact) mass is 405 g/mol. The van der Waals surface area contributed by atoms with Crippen molar-refractivity contribution < 1.29 is 4.52 Å². The number of piperidine rings is 2. The van der Waals surface area contributed by atoms with Gasteiger partial charge in [0.25, 0.3) is 0 Å². The van der Waals surface area contributed by atoms with Gasteiger partial charge < -0.3 is 14.3 Å². The van der Waals surface area contributed by atoms with Crippen molar-refractivity contribution in [1.29, 1.82) is 0 Å². The van der Waals surface area contributed by atoms with E-state index in [2.05, 4.69) is 24.9 Å². The third kappa shape index (κ3) is 3.86. The quantitative estimate of drug-likeness (QED) is 0.651. The Labute approximate surface area is 176 Å². The van der Waals surface area contributed by atoms with E-state index in [0.717, 1.165) is 73.6 Å². The van der Waals surface area contributed by atoms with Crippen molar-refractivity contribution in [3.05, 3.63) is 42.1 Å². The summed E-state index contributed by atoms with van der Waals surface area (Å²) in [6.45, 7) is 5.82. The highest BCUT2D eigenvalue weighted by molar-refractivity contribution is 5.61. The fourth-order valence-electron chi connectivity index (χ4n) is 4.43. The summed E-state index contributed by atoms with van der Waals surface area (Å²) in [4.78, 5) is 23.2. The van der Waals surface area contributed by atoms with Gasteiger partial charge in [0.2, 0.25) is 11.9 Å². The van der Waals surface area contributed by atoms with Crippen LogP contribution in [0.1, 0.15) is 49.4 Å². The largest absolute Gasteiger partial charge is 0.356 e. The minimum Gasteiger partial charge on any atom is -0.356 e. The molecule has 8 nitrogen and oxygen atoms in total. The van der Waals surface area contributed by atoms with E-state index < -0.39 is 0 Å². The Balaban J connectivity index is 1.43. The van der Waals surface area contributed by atoms with E-state index in [-0.39, 0.29) is 0 Å². The van der Waals surface area contributed by atoms with Gasteiger partial charge in [-0.3, -0.25) is 0 Å². The maximum atomic E-state index is 5.58. The normalized spacial score (nSPS) is 18.0. The van der Waals surface area contributed by atoms with Crippen LogP contribution in [0, 0.1) is 6.92 Å². The van der Waals surface area contributed by atoms with Crippen LogP contribution < -0.4 is 9.80 Å². The smallest absolute Gasteiger partial charge is 0.225 e. The lowest BCUT2D eigenvalue weighted by atomic mass is 9.90. The second-order valence-corrected chi connectivity index (χ2v) is 8.16. The average molecular weight is 406 g/mol. The van der Waals surface area contributed by atoms with Gasteiger partial charge in [-0.15, -0.1) is 0 Å². The highest BCUT2D eigenvalue weighted by atomic mass is 16.5. The lowest BCUT2D eigenvalue weighted by Crippen LogP contribution is -2.35. The van der Waals surface area contributed by atoms with E-state index in [4.69, 9.17) is 14.5 Å². The van der Waals surface area contributed by atoms with Crippen molar-refractivity contribution in [2.24, 2.45) is 0 Å². The molecular formula is C22H27N7O. The van der Waals surface area contributed by atoms with Crippen molar-refractivity contribution in [3.8, 4) is 11.3 Å². The molecular weight excluding hydrogens is 378 g/mol. The summed E-state index contributed by atoms with van der Waals surface area (Å²) in [5, 5.41) is 4.08. The van der Waals surface area contributed by atoms with Gasteiger partial charge in [-0.25, -0.2) is 19.9 Å². The van der Waals surface area contributed by atoms with Crippen molar-refractivity contribution >= 4 is 11.9 Å². The molecule has 2 aliphatic heterocycles. The Morgan fingerprint density at radius 2 is 1.63 bits per heavy atom. The zero-order valence-electron chi connectivity index (χ0n) is 17.4. The lowest BCUT2D eigenvalue weighted by molar-refractivity contribution is 0.424. The fraction of sp³-hybridized carbons (Fsp3) is 0.500. The average Bonchev–Trinajstić information content (AvgIpc) is 3.26. The predicted molar refractivity (Wildman–Crippen MR) is 115 cm³/mol. The van der Waals surface area contributed by atoms with E-state index in [1.54, 1.807) is 12.4 Å². The van der Waals surface area contributed by atoms with Gasteiger partial charge >= 0.3 is 0 Å². The molecule has 0 spiro atoms. The molecule has 2 fully saturated rings. The number of rotatable bonds is 4. The van der Waals surface area contributed by atoms with Crippen LogP contribution in [0.15, 0.2) is 35.2 Å². The van der Waals surface area contributed by atoms with Crippen molar-refractivity contribution in [3.63, 3.8) is 0 Å². The molecule has 2 aliphatic rings. The van der Waals surface area contributed by atoms with Gasteiger partial charge in [0.05, 0.1) is 17.0 Å². The first-order chi connectivity index (χ1) is 14.8. The van der Waals surface area contributed by atoms with Gasteiger partial charge in [-0.2, -0.15) is 0 Å². The van der Waals surface area contributed by atoms with E-state index in [0.29, 0.717) is 5.92 Å². The molecule has 0 unspecified atom stereocenters. The second-order valence-electron chi connectivity index (χ2n) is 8.16. The maximum Gasteiger partial charge on any atom is 0.225 e. The fourth-order valence-corrected chi connectivity index (χ4v) is 4.43. The standard InChI is InChI=1S/C22H27N7O/c1-16-14-19(30-27-16)18-15-25-22(28-10-3-2-4-11-28)26-20(18)17-6-12-29(13-7-17)21-23-8-5-9-24-21/h5,8-9,14-15,17H,2-4,6-7,10-13H2,1H3. The first-order valence-electron chi connectivity index (χ1n) is 10.9. The molecule has 0 aliphatic carbocycles. The minimum absolute atomic E-state index is 0.344. The Hall–Kier alpha value is -3.03. The minimum atomic E-state index is 0.344. The van der Waals surface area contributed by atoms with Crippen LogP contribution in [-0.4, -0.2) is 51.3 Å². The molecule has 0 N–H and O–H groups in total. The third-order valence-electron chi connectivity index (χ3n) is 6.05. The van der Waals surface area contributed by atoms with Crippen LogP contribution >= 0.6 is 0 Å². The van der Waals surface area contributed by atoms with Gasteiger partial charge in [0, 0.05) is 56.8 Å². The molecule has 3 aromatic rings. The summed E-state index contributed by atoms with van der Waals surface area (Å²) in [7, 11) is 0. The number of hydrogen-bond acceptors (Lipinski definition) is 8. The lowest BCUT2D eigenvalue weighted by Gasteiger charge is -2.33. The molecule has 0 aromatic carbocycles. The van der Waals surface area contributed by atoms with Gasteiger partial charge in [-0.05, 0) is 45.1 Å². The first kappa shape index (κ1) is 19.0. The Bertz CT molecular complexity index is 976. The number of aromatic nitrogens is 5. The molecule has 0 radical (unpaired) electrons. The predicted octanol–water partition coefficient (Wildman–Crippen LogP) is 3.60. The summed E-state index contributed by atoms with van der Waals surface area (Å²) in [5.41, 5.74) is 2.91. The highest BCUT2D eigenvalue weighted by Gasteiger charge is 2.28. The van der Waals surface area contributed by atoms with Gasteiger partial charge in [0.15, 0.2) is 5.76 Å². The summed E-state index contributed by atoms with van der Waals surface area (Å²) in [6, 6.07) is 3.82. The molecule has 5 heterocycles. The maximum absolute atomic E-state index is 5.58. The summed E-state index contributed by atoms with van der Waals surface area (Å²) < 4.78 is 5.58. The molecule has 3 aromatic heterocycles. The molecule has 0 amide bonds. The molecule has 156 valence electrons. The van der Waals surface area contributed by atoms with Crippen molar-refractivity contribution in [1.82, 2.24) is 25.1 Å². The second kappa shape index (κ2) is 8.38. The molecule has 5 rings (SSSR count). The van der Waals surface area contributed by atoms with Gasteiger partial charge in [0.1, 0.15) is 0 Å². The van der Waals surface area contributed by atoms with Gasteiger partial charge in [-0.1, -0.05) is 5.16 Å². The molecule has 8 heteroatoms. The zero-order valence-corrected chi connectivity index (χ0v) is 17.4. The van der Waals surface area contributed by atoms with E-state index >= 15 is 0 Å². The number of nitrogens with zero attached hydrogens (tertiary/aromatic N) is 7. The van der Waals surface area contributed by atoms with Crippen molar-refractivity contribution in [2.75, 3.05) is 36.0 Å². The molecule has 0 bridgehead atoms. The molecule has 30 heavy (non-hydrogen) atoms. The number of aryl methyl sites for hydroxylation is 1. The van der Waals surface area contributed by atoms with Crippen LogP contribution in [0.5, 0.6) is 0 Å². The Morgan fingerprint density at radius 3 is 2.33 bits per heavy atom. The van der Waals surface area contributed by atoms with Crippen LogP contribution in [0.3, 0.4) is 0 Å². The van der Waals surface area contributed by atoms with Crippen LogP contribution in [-0.2, 0) is 0 Å². The van der Waals surface area contributed by atoms with Crippen LogP contribution in [0.4, 0.5) is 11.9 Å². The molecule has 0 saturated carbocycles. The SMILES string of the molecule is Cc1cc(-c2cnc(N3CCCCC3)nc2C2CCN(c3ncccn3)CC2)on1. The molecule has 0 atom stereocenters. The Kier molecular flexibility index (Phi) is 5.29. The first-order valence-corrected chi connectivity index (χ1v) is 10.9. The topological polar surface area (TPSA) is 84.1 Å². The van der Waals surface area contributed by atoms with E-state index in [9.17, 15) is 0 Å². The Morgan fingerprint density at radius 1 is 0.900 bits per heavy atom.